The number of hydrogen-bond donors (Lipinski definition) is 1. The summed E-state index contributed by atoms with van der Waals surface area (Å²) in [6, 6.07) is 9.98. The van der Waals surface area contributed by atoms with Gasteiger partial charge in [0.05, 0.1) is 6.04 Å². The van der Waals surface area contributed by atoms with Gasteiger partial charge in [-0.3, -0.25) is 0 Å². The second-order valence-corrected chi connectivity index (χ2v) is 5.35. The minimum atomic E-state index is 0.128. The molecule has 0 aliphatic rings. The molecular formula is C16H21ClN4. The van der Waals surface area contributed by atoms with Crippen LogP contribution in [0.5, 0.6) is 0 Å². The van der Waals surface area contributed by atoms with Gasteiger partial charge >= 0.3 is 0 Å². The van der Waals surface area contributed by atoms with Crippen LogP contribution in [0.25, 0.3) is 0 Å². The van der Waals surface area contributed by atoms with Crippen LogP contribution in [0.4, 0.5) is 11.6 Å². The highest BCUT2D eigenvalue weighted by Crippen LogP contribution is 2.29. The molecule has 0 bridgehead atoms. The minimum absolute atomic E-state index is 0.128. The Labute approximate surface area is 131 Å². The van der Waals surface area contributed by atoms with Crippen LogP contribution < -0.4 is 10.2 Å². The van der Waals surface area contributed by atoms with E-state index in [9.17, 15) is 0 Å². The predicted octanol–water partition coefficient (Wildman–Crippen LogP) is 3.93. The molecule has 1 heterocycles. The van der Waals surface area contributed by atoms with E-state index in [0.29, 0.717) is 0 Å². The first-order chi connectivity index (χ1) is 10.1. The van der Waals surface area contributed by atoms with Gasteiger partial charge in [0.1, 0.15) is 17.5 Å². The molecular weight excluding hydrogens is 284 g/mol. The second-order valence-electron chi connectivity index (χ2n) is 4.94. The summed E-state index contributed by atoms with van der Waals surface area (Å²) in [6.07, 6.45) is 0.802. The molecule has 1 N–H and O–H groups in total. The topological polar surface area (TPSA) is 41.1 Å². The van der Waals surface area contributed by atoms with Crippen LogP contribution in [-0.4, -0.2) is 24.1 Å². The molecule has 1 unspecified atom stereocenters. The highest BCUT2D eigenvalue weighted by molar-refractivity contribution is 6.31. The van der Waals surface area contributed by atoms with Crippen LogP contribution >= 0.6 is 11.6 Å². The Morgan fingerprint density at radius 1 is 1.29 bits per heavy atom. The normalized spacial score (nSPS) is 12.0. The summed E-state index contributed by atoms with van der Waals surface area (Å²) in [5.74, 6) is 2.55. The van der Waals surface area contributed by atoms with Crippen LogP contribution in [0.1, 0.15) is 31.3 Å². The number of aromatic nitrogens is 2. The molecule has 2 aromatic rings. The van der Waals surface area contributed by atoms with E-state index in [0.717, 1.165) is 34.5 Å². The smallest absolute Gasteiger partial charge is 0.134 e. The maximum absolute atomic E-state index is 6.30. The molecule has 0 saturated carbocycles. The standard InChI is InChI=1S/C16H21ClN4/c1-5-14-19-15(18-3)10-16(20-14)21(4)11(2)12-8-6-7-9-13(12)17/h6-11H,5H2,1-4H3,(H,18,19,20). The van der Waals surface area contributed by atoms with Crippen molar-refractivity contribution in [2.75, 3.05) is 24.3 Å². The largest absolute Gasteiger partial charge is 0.373 e. The molecule has 1 aromatic heterocycles. The zero-order chi connectivity index (χ0) is 15.4. The number of aryl methyl sites for hydroxylation is 1. The van der Waals surface area contributed by atoms with Gasteiger partial charge in [-0.2, -0.15) is 0 Å². The lowest BCUT2D eigenvalue weighted by molar-refractivity contribution is 0.722. The number of benzene rings is 1. The summed E-state index contributed by atoms with van der Waals surface area (Å²) in [5, 5.41) is 3.86. The lowest BCUT2D eigenvalue weighted by atomic mass is 10.1. The Bertz CT molecular complexity index is 593. The van der Waals surface area contributed by atoms with Crippen LogP contribution in [-0.2, 0) is 6.42 Å². The van der Waals surface area contributed by atoms with E-state index in [2.05, 4.69) is 34.0 Å². The monoisotopic (exact) mass is 304 g/mol. The Morgan fingerprint density at radius 3 is 2.62 bits per heavy atom. The molecule has 112 valence electrons. The SMILES string of the molecule is CCc1nc(NC)cc(N(C)C(C)c2ccccc2Cl)n1. The highest BCUT2D eigenvalue weighted by atomic mass is 35.5. The van der Waals surface area contributed by atoms with Gasteiger partial charge in [-0.05, 0) is 18.6 Å². The van der Waals surface area contributed by atoms with Crippen molar-refractivity contribution in [1.82, 2.24) is 9.97 Å². The predicted molar refractivity (Wildman–Crippen MR) is 89.2 cm³/mol. The summed E-state index contributed by atoms with van der Waals surface area (Å²) in [5.41, 5.74) is 1.09. The van der Waals surface area contributed by atoms with Gasteiger partial charge in [0.25, 0.3) is 0 Å². The zero-order valence-corrected chi connectivity index (χ0v) is 13.6. The van der Waals surface area contributed by atoms with Gasteiger partial charge in [0.15, 0.2) is 0 Å². The van der Waals surface area contributed by atoms with Gasteiger partial charge in [-0.25, -0.2) is 9.97 Å². The first kappa shape index (κ1) is 15.6. The molecule has 0 radical (unpaired) electrons. The molecule has 5 heteroatoms. The van der Waals surface area contributed by atoms with Gasteiger partial charge < -0.3 is 10.2 Å². The Hall–Kier alpha value is -1.81. The van der Waals surface area contributed by atoms with Crippen molar-refractivity contribution >= 4 is 23.2 Å². The quantitative estimate of drug-likeness (QED) is 0.908. The van der Waals surface area contributed by atoms with Crippen LogP contribution in [0, 0.1) is 0 Å². The molecule has 0 amide bonds. The first-order valence-electron chi connectivity index (χ1n) is 7.09. The molecule has 2 rings (SSSR count). The van der Waals surface area contributed by atoms with E-state index in [1.807, 2.05) is 44.4 Å². The maximum atomic E-state index is 6.30. The van der Waals surface area contributed by atoms with Gasteiger partial charge in [0, 0.05) is 31.6 Å². The third-order valence-electron chi connectivity index (χ3n) is 3.63. The molecule has 0 fully saturated rings. The lowest BCUT2D eigenvalue weighted by Crippen LogP contribution is -2.23. The molecule has 4 nitrogen and oxygen atoms in total. The highest BCUT2D eigenvalue weighted by Gasteiger charge is 2.17. The van der Waals surface area contributed by atoms with E-state index < -0.39 is 0 Å². The number of hydrogen-bond acceptors (Lipinski definition) is 4. The van der Waals surface area contributed by atoms with Gasteiger partial charge in [-0.15, -0.1) is 0 Å². The van der Waals surface area contributed by atoms with Crippen LogP contribution in [0.15, 0.2) is 30.3 Å². The molecule has 1 atom stereocenters. The second kappa shape index (κ2) is 6.76. The van der Waals surface area contributed by atoms with Crippen LogP contribution in [0.2, 0.25) is 5.02 Å². The third-order valence-corrected chi connectivity index (χ3v) is 3.97. The van der Waals surface area contributed by atoms with E-state index in [1.54, 1.807) is 0 Å². The summed E-state index contributed by atoms with van der Waals surface area (Å²) < 4.78 is 0. The number of anilines is 2. The van der Waals surface area contributed by atoms with Crippen LogP contribution in [0.3, 0.4) is 0 Å². The zero-order valence-electron chi connectivity index (χ0n) is 12.9. The van der Waals surface area contributed by atoms with Crippen molar-refractivity contribution in [3.05, 3.63) is 46.7 Å². The summed E-state index contributed by atoms with van der Waals surface area (Å²) in [4.78, 5) is 11.1. The number of halogens is 1. The number of nitrogens with zero attached hydrogens (tertiary/aromatic N) is 3. The fraction of sp³-hybridized carbons (Fsp3) is 0.375. The minimum Gasteiger partial charge on any atom is -0.373 e. The van der Waals surface area contributed by atoms with E-state index in [4.69, 9.17) is 11.6 Å². The van der Waals surface area contributed by atoms with Crippen molar-refractivity contribution in [3.63, 3.8) is 0 Å². The maximum Gasteiger partial charge on any atom is 0.134 e. The Morgan fingerprint density at radius 2 is 2.00 bits per heavy atom. The van der Waals surface area contributed by atoms with Crippen molar-refractivity contribution in [2.24, 2.45) is 0 Å². The lowest BCUT2D eigenvalue weighted by Gasteiger charge is -2.27. The number of rotatable bonds is 5. The molecule has 0 spiro atoms. The molecule has 1 aromatic carbocycles. The van der Waals surface area contributed by atoms with Crippen molar-refractivity contribution in [1.29, 1.82) is 0 Å². The summed E-state index contributed by atoms with van der Waals surface area (Å²) >= 11 is 6.30. The summed E-state index contributed by atoms with van der Waals surface area (Å²) in [7, 11) is 3.89. The van der Waals surface area contributed by atoms with Crippen molar-refractivity contribution in [3.8, 4) is 0 Å². The summed E-state index contributed by atoms with van der Waals surface area (Å²) in [6.45, 7) is 4.17. The molecule has 0 saturated heterocycles. The van der Waals surface area contributed by atoms with Gasteiger partial charge in [-0.1, -0.05) is 36.7 Å². The molecule has 21 heavy (non-hydrogen) atoms. The third kappa shape index (κ3) is 3.45. The average molecular weight is 305 g/mol. The average Bonchev–Trinajstić information content (AvgIpc) is 2.53. The van der Waals surface area contributed by atoms with E-state index >= 15 is 0 Å². The fourth-order valence-corrected chi connectivity index (χ4v) is 2.46. The van der Waals surface area contributed by atoms with E-state index in [-0.39, 0.29) is 6.04 Å². The van der Waals surface area contributed by atoms with Crippen molar-refractivity contribution in [2.45, 2.75) is 26.3 Å². The number of nitrogens with one attached hydrogen (secondary N) is 1. The fourth-order valence-electron chi connectivity index (χ4n) is 2.17. The van der Waals surface area contributed by atoms with Gasteiger partial charge in [0.2, 0.25) is 0 Å². The Kier molecular flexibility index (Phi) is 5.02. The Balaban J connectivity index is 2.35. The molecule has 0 aliphatic carbocycles. The first-order valence-corrected chi connectivity index (χ1v) is 7.47. The van der Waals surface area contributed by atoms with Crippen molar-refractivity contribution < 1.29 is 0 Å². The molecule has 0 aliphatic heterocycles. The van der Waals surface area contributed by atoms with E-state index in [1.165, 1.54) is 0 Å².